The van der Waals surface area contributed by atoms with Gasteiger partial charge in [-0.25, -0.2) is 0 Å². The molecule has 2 atom stereocenters. The second-order valence-electron chi connectivity index (χ2n) is 5.45. The van der Waals surface area contributed by atoms with Crippen molar-refractivity contribution in [2.45, 2.75) is 39.2 Å². The molecule has 3 heterocycles. The number of fused-ring (bicyclic) bond motifs is 4. The third kappa shape index (κ3) is 1.64. The molecule has 3 rings (SSSR count). The first-order valence-corrected chi connectivity index (χ1v) is 6.64. The minimum absolute atomic E-state index is 0.200. The third-order valence-corrected chi connectivity index (χ3v) is 4.30. The monoisotopic (exact) mass is 232 g/mol. The van der Waals surface area contributed by atoms with Crippen LogP contribution in [0.25, 0.3) is 0 Å². The number of nitrogens with zero attached hydrogens (tertiary/aromatic N) is 1. The van der Waals surface area contributed by atoms with Gasteiger partial charge in [-0.2, -0.15) is 0 Å². The van der Waals surface area contributed by atoms with Crippen molar-refractivity contribution in [3.05, 3.63) is 33.2 Å². The number of hydrogen-bond donors (Lipinski definition) is 1. The van der Waals surface area contributed by atoms with Crippen LogP contribution in [0.1, 0.15) is 36.1 Å². The number of aromatic nitrogens is 1. The molecule has 1 saturated heterocycles. The topological polar surface area (TPSA) is 34.0 Å². The van der Waals surface area contributed by atoms with Crippen LogP contribution in [0.4, 0.5) is 0 Å². The highest BCUT2D eigenvalue weighted by molar-refractivity contribution is 5.34. The number of rotatable bonds is 1. The van der Waals surface area contributed by atoms with Crippen molar-refractivity contribution < 1.29 is 0 Å². The Bertz CT molecular complexity index is 504. The van der Waals surface area contributed by atoms with Gasteiger partial charge in [-0.15, -0.1) is 0 Å². The first-order chi connectivity index (χ1) is 8.20. The predicted molar refractivity (Wildman–Crippen MR) is 68.5 cm³/mol. The van der Waals surface area contributed by atoms with E-state index in [-0.39, 0.29) is 5.56 Å². The normalized spacial score (nSPS) is 26.7. The molecule has 1 fully saturated rings. The van der Waals surface area contributed by atoms with E-state index in [9.17, 15) is 4.79 Å². The van der Waals surface area contributed by atoms with E-state index in [0.717, 1.165) is 26.1 Å². The van der Waals surface area contributed by atoms with E-state index in [0.29, 0.717) is 11.8 Å². The number of pyridine rings is 1. The molecular formula is C14H20N2O. The van der Waals surface area contributed by atoms with Gasteiger partial charge in [0.05, 0.1) is 0 Å². The van der Waals surface area contributed by atoms with Gasteiger partial charge in [-0.1, -0.05) is 6.92 Å². The molecule has 0 radical (unpaired) electrons. The summed E-state index contributed by atoms with van der Waals surface area (Å²) >= 11 is 0. The van der Waals surface area contributed by atoms with Crippen molar-refractivity contribution in [2.75, 3.05) is 13.1 Å². The minimum Gasteiger partial charge on any atom is -0.316 e. The predicted octanol–water partition coefficient (Wildman–Crippen LogP) is 1.43. The van der Waals surface area contributed by atoms with Crippen molar-refractivity contribution >= 4 is 0 Å². The number of aryl methyl sites for hydroxylation is 1. The van der Waals surface area contributed by atoms with Crippen molar-refractivity contribution in [3.63, 3.8) is 0 Å². The molecule has 1 aromatic heterocycles. The van der Waals surface area contributed by atoms with Gasteiger partial charge >= 0.3 is 0 Å². The lowest BCUT2D eigenvalue weighted by atomic mass is 9.81. The molecule has 3 heteroatoms. The molecule has 0 spiro atoms. The average molecular weight is 232 g/mol. The summed E-state index contributed by atoms with van der Waals surface area (Å²) in [4.78, 5) is 12.1. The van der Waals surface area contributed by atoms with E-state index in [2.05, 4.69) is 19.2 Å². The van der Waals surface area contributed by atoms with Gasteiger partial charge in [0.1, 0.15) is 0 Å². The van der Waals surface area contributed by atoms with Crippen molar-refractivity contribution in [2.24, 2.45) is 5.92 Å². The van der Waals surface area contributed by atoms with Crippen LogP contribution in [0.5, 0.6) is 0 Å². The Labute approximate surface area is 102 Å². The molecule has 2 aliphatic heterocycles. The maximum absolute atomic E-state index is 12.1. The lowest BCUT2D eigenvalue weighted by Crippen LogP contribution is -2.45. The van der Waals surface area contributed by atoms with Crippen molar-refractivity contribution in [1.29, 1.82) is 0 Å². The molecule has 0 aliphatic carbocycles. The van der Waals surface area contributed by atoms with Crippen LogP contribution >= 0.6 is 0 Å². The molecular weight excluding hydrogens is 212 g/mol. The van der Waals surface area contributed by atoms with E-state index in [1.807, 2.05) is 10.6 Å². The van der Waals surface area contributed by atoms with Gasteiger partial charge in [-0.3, -0.25) is 4.79 Å². The molecule has 2 bridgehead atoms. The summed E-state index contributed by atoms with van der Waals surface area (Å²) < 4.78 is 2.05. The summed E-state index contributed by atoms with van der Waals surface area (Å²) in [6.45, 7) is 7.27. The molecule has 1 aromatic rings. The summed E-state index contributed by atoms with van der Waals surface area (Å²) in [7, 11) is 0. The second-order valence-corrected chi connectivity index (χ2v) is 5.45. The zero-order chi connectivity index (χ0) is 12.0. The van der Waals surface area contributed by atoms with Crippen LogP contribution in [0.15, 0.2) is 10.9 Å². The highest BCUT2D eigenvalue weighted by Gasteiger charge is 2.32. The summed E-state index contributed by atoms with van der Waals surface area (Å²) in [6, 6.07) is 1.82. The Kier molecular flexibility index (Phi) is 2.58. The first kappa shape index (κ1) is 11.0. The summed E-state index contributed by atoms with van der Waals surface area (Å²) in [5, 5.41) is 3.50. The van der Waals surface area contributed by atoms with Crippen LogP contribution in [-0.4, -0.2) is 17.7 Å². The zero-order valence-electron chi connectivity index (χ0n) is 10.6. The van der Waals surface area contributed by atoms with Crippen LogP contribution in [0, 0.1) is 12.8 Å². The quantitative estimate of drug-likeness (QED) is 0.794. The van der Waals surface area contributed by atoms with Gasteiger partial charge in [0.2, 0.25) is 0 Å². The van der Waals surface area contributed by atoms with Crippen LogP contribution in [0.3, 0.4) is 0 Å². The fourth-order valence-electron chi connectivity index (χ4n) is 3.59. The Morgan fingerprint density at radius 2 is 2.29 bits per heavy atom. The van der Waals surface area contributed by atoms with Gasteiger partial charge < -0.3 is 9.88 Å². The number of nitrogens with one attached hydrogen (secondary N) is 1. The van der Waals surface area contributed by atoms with E-state index in [1.54, 1.807) is 0 Å². The molecule has 1 N–H and O–H groups in total. The molecule has 2 aliphatic rings. The number of piperidine rings is 1. The van der Waals surface area contributed by atoms with E-state index >= 15 is 0 Å². The van der Waals surface area contributed by atoms with Crippen molar-refractivity contribution in [3.8, 4) is 0 Å². The Hall–Kier alpha value is -1.09. The maximum Gasteiger partial charge on any atom is 0.251 e. The van der Waals surface area contributed by atoms with Gasteiger partial charge in [0.15, 0.2) is 0 Å². The first-order valence-electron chi connectivity index (χ1n) is 6.64. The molecule has 0 amide bonds. The standard InChI is InChI=1S/C14H20N2O/c1-3-12-9(2)4-13(17)16-8-10-5-11(14(12)16)7-15-6-10/h4,10-11,15H,3,5-8H2,1-2H3. The smallest absolute Gasteiger partial charge is 0.251 e. The van der Waals surface area contributed by atoms with Crippen LogP contribution < -0.4 is 10.9 Å². The van der Waals surface area contributed by atoms with E-state index < -0.39 is 0 Å². The third-order valence-electron chi connectivity index (χ3n) is 4.30. The SMILES string of the molecule is CCc1c(C)cc(=O)n2c1C1CNCC(C1)C2. The Morgan fingerprint density at radius 1 is 1.47 bits per heavy atom. The lowest BCUT2D eigenvalue weighted by molar-refractivity contribution is 0.255. The molecule has 17 heavy (non-hydrogen) atoms. The molecule has 0 aromatic carbocycles. The van der Waals surface area contributed by atoms with E-state index in [1.165, 1.54) is 23.2 Å². The summed E-state index contributed by atoms with van der Waals surface area (Å²) in [5.41, 5.74) is 4.09. The number of hydrogen-bond acceptors (Lipinski definition) is 2. The Balaban J connectivity index is 2.23. The summed E-state index contributed by atoms with van der Waals surface area (Å²) in [6.07, 6.45) is 2.28. The fourth-order valence-corrected chi connectivity index (χ4v) is 3.59. The van der Waals surface area contributed by atoms with Gasteiger partial charge in [0.25, 0.3) is 5.56 Å². The van der Waals surface area contributed by atoms with Gasteiger partial charge in [-0.05, 0) is 43.4 Å². The van der Waals surface area contributed by atoms with Crippen LogP contribution in [0.2, 0.25) is 0 Å². The molecule has 2 unspecified atom stereocenters. The van der Waals surface area contributed by atoms with Crippen molar-refractivity contribution in [1.82, 2.24) is 9.88 Å². The minimum atomic E-state index is 0.200. The second kappa shape index (κ2) is 3.98. The van der Waals surface area contributed by atoms with Crippen LogP contribution in [-0.2, 0) is 13.0 Å². The largest absolute Gasteiger partial charge is 0.316 e. The average Bonchev–Trinajstić information content (AvgIpc) is 2.31. The maximum atomic E-state index is 12.1. The molecule has 3 nitrogen and oxygen atoms in total. The summed E-state index contributed by atoms with van der Waals surface area (Å²) in [5.74, 6) is 1.19. The molecule has 92 valence electrons. The Morgan fingerprint density at radius 3 is 3.06 bits per heavy atom. The lowest BCUT2D eigenvalue weighted by Gasteiger charge is -2.39. The van der Waals surface area contributed by atoms with Gasteiger partial charge in [0, 0.05) is 30.8 Å². The van der Waals surface area contributed by atoms with E-state index in [4.69, 9.17) is 0 Å². The zero-order valence-corrected chi connectivity index (χ0v) is 10.6. The highest BCUT2D eigenvalue weighted by atomic mass is 16.1. The highest BCUT2D eigenvalue weighted by Crippen LogP contribution is 2.34. The molecule has 0 saturated carbocycles. The fraction of sp³-hybridized carbons (Fsp3) is 0.643.